The van der Waals surface area contributed by atoms with E-state index in [0.717, 1.165) is 32.5 Å². The number of hydrogen-bond acceptors (Lipinski definition) is 3. The molecule has 4 heteroatoms. The van der Waals surface area contributed by atoms with Crippen LogP contribution in [0, 0.1) is 5.41 Å². The molecule has 2 fully saturated rings. The molecule has 2 aliphatic rings. The Morgan fingerprint density at radius 2 is 2.18 bits per heavy atom. The zero-order valence-electron chi connectivity index (χ0n) is 11.0. The van der Waals surface area contributed by atoms with Gasteiger partial charge in [-0.15, -0.1) is 0 Å². The van der Waals surface area contributed by atoms with Crippen LogP contribution in [0.4, 0.5) is 0 Å². The van der Waals surface area contributed by atoms with Crippen molar-refractivity contribution in [2.24, 2.45) is 5.41 Å². The summed E-state index contributed by atoms with van der Waals surface area (Å²) in [6, 6.07) is 0. The van der Waals surface area contributed by atoms with Crippen molar-refractivity contribution in [2.45, 2.75) is 43.8 Å². The van der Waals surface area contributed by atoms with Gasteiger partial charge >= 0.3 is 0 Å². The first kappa shape index (κ1) is 13.2. The topological polar surface area (TPSA) is 41.1 Å². The second kappa shape index (κ2) is 5.19. The first-order valence-electron chi connectivity index (χ1n) is 6.71. The Balaban J connectivity index is 1.88. The van der Waals surface area contributed by atoms with Crippen LogP contribution in [-0.4, -0.2) is 36.5 Å². The second-order valence-corrected chi connectivity index (χ2v) is 6.76. The number of amides is 1. The minimum Gasteiger partial charge on any atom is -0.354 e. The molecule has 2 N–H and O–H groups in total. The van der Waals surface area contributed by atoms with Crippen LogP contribution in [0.25, 0.3) is 0 Å². The van der Waals surface area contributed by atoms with E-state index in [1.807, 2.05) is 11.8 Å². The van der Waals surface area contributed by atoms with E-state index in [1.54, 1.807) is 0 Å². The lowest BCUT2D eigenvalue weighted by atomic mass is 9.81. The van der Waals surface area contributed by atoms with Gasteiger partial charge in [0.15, 0.2) is 0 Å². The van der Waals surface area contributed by atoms with Gasteiger partial charge in [-0.3, -0.25) is 4.79 Å². The maximum absolute atomic E-state index is 12.3. The third-order valence-electron chi connectivity index (χ3n) is 4.67. The standard InChI is InChI=1S/C13H24N2OS/c1-3-12(7-8-14-9-12)11(16)15-10-13(17-2)5-4-6-13/h14H,3-10H2,1-2H3,(H,15,16). The SMILES string of the molecule is CCC1(C(=O)NCC2(SC)CCC2)CCNC1. The van der Waals surface area contributed by atoms with Crippen LogP contribution in [0.15, 0.2) is 0 Å². The lowest BCUT2D eigenvalue weighted by Crippen LogP contribution is -2.50. The van der Waals surface area contributed by atoms with Crippen LogP contribution >= 0.6 is 11.8 Å². The molecule has 1 saturated heterocycles. The summed E-state index contributed by atoms with van der Waals surface area (Å²) in [5.74, 6) is 0.269. The van der Waals surface area contributed by atoms with Gasteiger partial charge in [-0.05, 0) is 38.5 Å². The molecule has 17 heavy (non-hydrogen) atoms. The van der Waals surface area contributed by atoms with Crippen molar-refractivity contribution in [1.29, 1.82) is 0 Å². The molecular formula is C13H24N2OS. The minimum atomic E-state index is -0.136. The largest absolute Gasteiger partial charge is 0.354 e. The first-order valence-corrected chi connectivity index (χ1v) is 7.93. The summed E-state index contributed by atoms with van der Waals surface area (Å²) < 4.78 is 0.344. The van der Waals surface area contributed by atoms with Gasteiger partial charge in [0.25, 0.3) is 0 Å². The van der Waals surface area contributed by atoms with Crippen LogP contribution < -0.4 is 10.6 Å². The van der Waals surface area contributed by atoms with Crippen molar-refractivity contribution >= 4 is 17.7 Å². The van der Waals surface area contributed by atoms with Gasteiger partial charge in [0.05, 0.1) is 5.41 Å². The highest BCUT2D eigenvalue weighted by Crippen LogP contribution is 2.42. The molecule has 3 nitrogen and oxygen atoms in total. The van der Waals surface area contributed by atoms with Crippen LogP contribution in [0.2, 0.25) is 0 Å². The molecule has 1 amide bonds. The van der Waals surface area contributed by atoms with Crippen LogP contribution in [0.1, 0.15) is 39.0 Å². The zero-order valence-corrected chi connectivity index (χ0v) is 11.8. The summed E-state index contributed by atoms with van der Waals surface area (Å²) >= 11 is 1.92. The number of thioether (sulfide) groups is 1. The fraction of sp³-hybridized carbons (Fsp3) is 0.923. The van der Waals surface area contributed by atoms with Crippen molar-refractivity contribution in [1.82, 2.24) is 10.6 Å². The molecule has 0 spiro atoms. The van der Waals surface area contributed by atoms with E-state index in [-0.39, 0.29) is 11.3 Å². The molecule has 98 valence electrons. The summed E-state index contributed by atoms with van der Waals surface area (Å²) in [6.45, 7) is 4.81. The van der Waals surface area contributed by atoms with E-state index in [9.17, 15) is 4.79 Å². The number of nitrogens with one attached hydrogen (secondary N) is 2. The zero-order chi connectivity index (χ0) is 12.4. The quantitative estimate of drug-likeness (QED) is 0.788. The normalized spacial score (nSPS) is 30.9. The predicted octanol–water partition coefficient (Wildman–Crippen LogP) is 1.78. The van der Waals surface area contributed by atoms with Gasteiger partial charge < -0.3 is 10.6 Å². The molecule has 0 aromatic rings. The van der Waals surface area contributed by atoms with Crippen LogP contribution in [0.3, 0.4) is 0 Å². The second-order valence-electron chi connectivity index (χ2n) is 5.48. The first-order chi connectivity index (χ1) is 8.16. The molecule has 1 unspecified atom stereocenters. The van der Waals surface area contributed by atoms with Gasteiger partial charge in [0, 0.05) is 17.8 Å². The Morgan fingerprint density at radius 1 is 1.41 bits per heavy atom. The predicted molar refractivity (Wildman–Crippen MR) is 73.3 cm³/mol. The molecule has 2 rings (SSSR count). The van der Waals surface area contributed by atoms with Crippen molar-refractivity contribution in [3.63, 3.8) is 0 Å². The third-order valence-corrected chi connectivity index (χ3v) is 6.09. The minimum absolute atomic E-state index is 0.136. The van der Waals surface area contributed by atoms with E-state index in [4.69, 9.17) is 0 Å². The average molecular weight is 256 g/mol. The Morgan fingerprint density at radius 3 is 2.59 bits per heavy atom. The molecule has 1 heterocycles. The Labute approximate surface area is 108 Å². The van der Waals surface area contributed by atoms with Crippen LogP contribution in [0.5, 0.6) is 0 Å². The molecule has 0 bridgehead atoms. The molecule has 1 aliphatic carbocycles. The molecule has 0 aromatic carbocycles. The Bertz CT molecular complexity index is 278. The Hall–Kier alpha value is -0.220. The van der Waals surface area contributed by atoms with Crippen LogP contribution in [-0.2, 0) is 4.79 Å². The lowest BCUT2D eigenvalue weighted by Gasteiger charge is -2.41. The summed E-state index contributed by atoms with van der Waals surface area (Å²) in [7, 11) is 0. The van der Waals surface area contributed by atoms with Gasteiger partial charge in [0.1, 0.15) is 0 Å². The van der Waals surface area contributed by atoms with Gasteiger partial charge in [-0.25, -0.2) is 0 Å². The molecule has 1 atom stereocenters. The summed E-state index contributed by atoms with van der Waals surface area (Å²) in [5.41, 5.74) is -0.136. The number of hydrogen-bond donors (Lipinski definition) is 2. The van der Waals surface area contributed by atoms with Crippen molar-refractivity contribution in [3.05, 3.63) is 0 Å². The van der Waals surface area contributed by atoms with Gasteiger partial charge in [-0.2, -0.15) is 11.8 Å². The number of carbonyl (C=O) groups excluding carboxylic acids is 1. The average Bonchev–Trinajstić information content (AvgIpc) is 2.77. The van der Waals surface area contributed by atoms with Crippen molar-refractivity contribution < 1.29 is 4.79 Å². The maximum atomic E-state index is 12.3. The third kappa shape index (κ3) is 2.48. The van der Waals surface area contributed by atoms with Gasteiger partial charge in [0.2, 0.25) is 5.91 Å². The van der Waals surface area contributed by atoms with Gasteiger partial charge in [-0.1, -0.05) is 13.3 Å². The monoisotopic (exact) mass is 256 g/mol. The highest BCUT2D eigenvalue weighted by Gasteiger charge is 2.42. The number of carbonyl (C=O) groups is 1. The highest BCUT2D eigenvalue weighted by atomic mass is 32.2. The smallest absolute Gasteiger partial charge is 0.227 e. The fourth-order valence-electron chi connectivity index (χ4n) is 2.85. The Kier molecular flexibility index (Phi) is 4.03. The molecule has 0 radical (unpaired) electrons. The molecule has 1 aliphatic heterocycles. The van der Waals surface area contributed by atoms with E-state index in [0.29, 0.717) is 4.75 Å². The van der Waals surface area contributed by atoms with Crippen molar-refractivity contribution in [3.8, 4) is 0 Å². The maximum Gasteiger partial charge on any atom is 0.227 e. The van der Waals surface area contributed by atoms with Crippen molar-refractivity contribution in [2.75, 3.05) is 25.9 Å². The van der Waals surface area contributed by atoms with E-state index in [2.05, 4.69) is 23.8 Å². The number of rotatable bonds is 5. The molecular weight excluding hydrogens is 232 g/mol. The highest BCUT2D eigenvalue weighted by molar-refractivity contribution is 8.00. The van der Waals surface area contributed by atoms with E-state index in [1.165, 1.54) is 19.3 Å². The van der Waals surface area contributed by atoms with E-state index >= 15 is 0 Å². The van der Waals surface area contributed by atoms with E-state index < -0.39 is 0 Å². The molecule has 0 aromatic heterocycles. The fourth-order valence-corrected chi connectivity index (χ4v) is 3.77. The summed E-state index contributed by atoms with van der Waals surface area (Å²) in [6.07, 6.45) is 7.92. The lowest BCUT2D eigenvalue weighted by molar-refractivity contribution is -0.130. The molecule has 1 saturated carbocycles. The summed E-state index contributed by atoms with van der Waals surface area (Å²) in [5, 5.41) is 6.53. The summed E-state index contributed by atoms with van der Waals surface area (Å²) in [4.78, 5) is 12.3.